The number of hydrogen-bond donors (Lipinski definition) is 1. The predicted octanol–water partition coefficient (Wildman–Crippen LogP) is 6.46. The van der Waals surface area contributed by atoms with Crippen LogP contribution in [0, 0.1) is 0 Å². The number of nitrogens with zero attached hydrogens (tertiary/aromatic N) is 2. The highest BCUT2D eigenvalue weighted by molar-refractivity contribution is 7.92. The highest BCUT2D eigenvalue weighted by Crippen LogP contribution is 2.28. The lowest BCUT2D eigenvalue weighted by molar-refractivity contribution is -0.119. The molecule has 0 heterocycles. The Hall–Kier alpha value is -4.49. The molecule has 0 unspecified atom stereocenters. The summed E-state index contributed by atoms with van der Waals surface area (Å²) in [5.41, 5.74) is 4.90. The van der Waals surface area contributed by atoms with E-state index in [0.29, 0.717) is 11.6 Å². The van der Waals surface area contributed by atoms with Crippen LogP contribution in [0.5, 0.6) is 0 Å². The fraction of sp³-hybridized carbons (Fsp3) is 0.125. The molecule has 5 aromatic rings. The largest absolute Gasteiger partial charge is 0.271 e. The van der Waals surface area contributed by atoms with Gasteiger partial charge in [-0.1, -0.05) is 92.7 Å². The molecule has 0 saturated carbocycles. The quantitative estimate of drug-likeness (QED) is 0.141. The van der Waals surface area contributed by atoms with Gasteiger partial charge in [0.15, 0.2) is 0 Å². The molecule has 0 bridgehead atoms. The molecule has 0 radical (unpaired) electrons. The Morgan fingerprint density at radius 3 is 1.97 bits per heavy atom. The zero-order valence-corrected chi connectivity index (χ0v) is 22.6. The monoisotopic (exact) mass is 535 g/mol. The Balaban J connectivity index is 1.44. The minimum absolute atomic E-state index is 0.108. The number of sulfonamides is 1. The van der Waals surface area contributed by atoms with Crippen molar-refractivity contribution in [2.75, 3.05) is 10.8 Å². The molecule has 196 valence electrons. The van der Waals surface area contributed by atoms with Gasteiger partial charge in [0, 0.05) is 5.56 Å². The number of carbonyl (C=O) groups is 1. The molecular weight excluding hydrogens is 506 g/mol. The van der Waals surface area contributed by atoms with Gasteiger partial charge in [-0.25, -0.2) is 13.8 Å². The number of amides is 1. The van der Waals surface area contributed by atoms with Gasteiger partial charge in [0.25, 0.3) is 15.9 Å². The van der Waals surface area contributed by atoms with Gasteiger partial charge in [-0.15, -0.1) is 0 Å². The van der Waals surface area contributed by atoms with Crippen LogP contribution < -0.4 is 9.73 Å². The van der Waals surface area contributed by atoms with Crippen molar-refractivity contribution >= 4 is 49.4 Å². The SMILES string of the molecule is CC(C)c1ccc(N(CC(=O)N/N=C\c2c3ccccc3cc3ccccc23)S(=O)(=O)c2ccccc2)cc1. The number of carbonyl (C=O) groups excluding carboxylic acids is 1. The summed E-state index contributed by atoms with van der Waals surface area (Å²) in [4.78, 5) is 13.2. The summed E-state index contributed by atoms with van der Waals surface area (Å²) in [6.45, 7) is 3.71. The van der Waals surface area contributed by atoms with Gasteiger partial charge in [0.05, 0.1) is 16.8 Å². The van der Waals surface area contributed by atoms with E-state index in [4.69, 9.17) is 0 Å². The average Bonchev–Trinajstić information content (AvgIpc) is 2.96. The summed E-state index contributed by atoms with van der Waals surface area (Å²) in [6, 6.07) is 33.4. The van der Waals surface area contributed by atoms with Crippen molar-refractivity contribution < 1.29 is 13.2 Å². The first-order valence-corrected chi connectivity index (χ1v) is 14.2. The lowest BCUT2D eigenvalue weighted by Gasteiger charge is -2.24. The number of anilines is 1. The first kappa shape index (κ1) is 26.1. The molecular formula is C32H29N3O3S. The first-order valence-electron chi connectivity index (χ1n) is 12.7. The van der Waals surface area contributed by atoms with Crippen LogP contribution in [0.25, 0.3) is 21.5 Å². The van der Waals surface area contributed by atoms with E-state index < -0.39 is 22.5 Å². The Bertz CT molecular complexity index is 1710. The highest BCUT2D eigenvalue weighted by atomic mass is 32.2. The molecule has 0 atom stereocenters. The van der Waals surface area contributed by atoms with Crippen LogP contribution in [0.2, 0.25) is 0 Å². The number of benzene rings is 5. The Morgan fingerprint density at radius 2 is 1.38 bits per heavy atom. The maximum atomic E-state index is 13.6. The van der Waals surface area contributed by atoms with Crippen molar-refractivity contribution in [1.29, 1.82) is 0 Å². The molecule has 0 spiro atoms. The van der Waals surface area contributed by atoms with E-state index in [1.165, 1.54) is 12.1 Å². The molecule has 39 heavy (non-hydrogen) atoms. The molecule has 0 aliphatic rings. The van der Waals surface area contributed by atoms with E-state index >= 15 is 0 Å². The molecule has 0 aromatic heterocycles. The van der Waals surface area contributed by atoms with E-state index in [2.05, 4.69) is 30.4 Å². The Morgan fingerprint density at radius 1 is 0.821 bits per heavy atom. The van der Waals surface area contributed by atoms with Crippen LogP contribution in [0.3, 0.4) is 0 Å². The summed E-state index contributed by atoms with van der Waals surface area (Å²) in [5.74, 6) is -0.260. The van der Waals surface area contributed by atoms with Crippen molar-refractivity contribution in [2.45, 2.75) is 24.7 Å². The molecule has 0 aliphatic carbocycles. The van der Waals surface area contributed by atoms with Crippen molar-refractivity contribution in [3.63, 3.8) is 0 Å². The van der Waals surface area contributed by atoms with Crippen LogP contribution in [-0.4, -0.2) is 27.1 Å². The molecule has 1 N–H and O–H groups in total. The molecule has 7 heteroatoms. The van der Waals surface area contributed by atoms with Crippen LogP contribution in [-0.2, 0) is 14.8 Å². The number of fused-ring (bicyclic) bond motifs is 2. The van der Waals surface area contributed by atoms with Gasteiger partial charge in [-0.05, 0) is 63.4 Å². The minimum atomic E-state index is -4.00. The zero-order chi connectivity index (χ0) is 27.4. The third-order valence-electron chi connectivity index (χ3n) is 6.66. The normalized spacial score (nSPS) is 11.9. The predicted molar refractivity (Wildman–Crippen MR) is 159 cm³/mol. The highest BCUT2D eigenvalue weighted by Gasteiger charge is 2.27. The molecule has 5 rings (SSSR count). The van der Waals surface area contributed by atoms with Crippen molar-refractivity contribution in [2.24, 2.45) is 5.10 Å². The van der Waals surface area contributed by atoms with Crippen LogP contribution in [0.15, 0.2) is 119 Å². The van der Waals surface area contributed by atoms with Crippen molar-refractivity contribution in [1.82, 2.24) is 5.43 Å². The van der Waals surface area contributed by atoms with E-state index in [0.717, 1.165) is 37.0 Å². The van der Waals surface area contributed by atoms with E-state index in [1.807, 2.05) is 60.7 Å². The molecule has 5 aromatic carbocycles. The molecule has 0 fully saturated rings. The summed E-state index contributed by atoms with van der Waals surface area (Å²) in [6.07, 6.45) is 1.62. The number of nitrogens with one attached hydrogen (secondary N) is 1. The van der Waals surface area contributed by atoms with Gasteiger partial charge >= 0.3 is 0 Å². The molecule has 0 aliphatic heterocycles. The van der Waals surface area contributed by atoms with Gasteiger partial charge < -0.3 is 0 Å². The lowest BCUT2D eigenvalue weighted by Crippen LogP contribution is -2.39. The first-order chi connectivity index (χ1) is 18.8. The molecule has 1 amide bonds. The van der Waals surface area contributed by atoms with Crippen LogP contribution >= 0.6 is 0 Å². The smallest absolute Gasteiger partial charge is 0.264 e. The molecule has 0 saturated heterocycles. The minimum Gasteiger partial charge on any atom is -0.271 e. The van der Waals surface area contributed by atoms with E-state index in [-0.39, 0.29) is 4.90 Å². The third-order valence-corrected chi connectivity index (χ3v) is 8.45. The fourth-order valence-electron chi connectivity index (χ4n) is 4.58. The maximum Gasteiger partial charge on any atom is 0.264 e. The summed E-state index contributed by atoms with van der Waals surface area (Å²) in [7, 11) is -4.00. The lowest BCUT2D eigenvalue weighted by atomic mass is 9.97. The van der Waals surface area contributed by atoms with Crippen LogP contribution in [0.4, 0.5) is 5.69 Å². The van der Waals surface area contributed by atoms with Gasteiger partial charge in [0.2, 0.25) is 0 Å². The Kier molecular flexibility index (Phi) is 7.43. The van der Waals surface area contributed by atoms with Crippen molar-refractivity contribution in [3.8, 4) is 0 Å². The molecule has 6 nitrogen and oxygen atoms in total. The standard InChI is InChI=1S/C32H29N3O3S/c1-23(2)24-16-18-27(19-17-24)35(39(37,38)28-12-4-3-5-13-28)22-32(36)34-33-21-31-29-14-8-6-10-25(29)20-26-11-7-9-15-30(26)31/h3-21,23H,22H2,1-2H3,(H,34,36)/b33-21-. The third kappa shape index (κ3) is 5.54. The summed E-state index contributed by atoms with van der Waals surface area (Å²) >= 11 is 0. The zero-order valence-electron chi connectivity index (χ0n) is 21.8. The second-order valence-electron chi connectivity index (χ2n) is 9.60. The van der Waals surface area contributed by atoms with E-state index in [9.17, 15) is 13.2 Å². The Labute approximate surface area is 228 Å². The maximum absolute atomic E-state index is 13.6. The van der Waals surface area contributed by atoms with Gasteiger partial charge in [0.1, 0.15) is 6.54 Å². The van der Waals surface area contributed by atoms with E-state index in [1.54, 1.807) is 36.5 Å². The number of hydrazone groups is 1. The second kappa shape index (κ2) is 11.1. The number of rotatable bonds is 8. The van der Waals surface area contributed by atoms with Gasteiger partial charge in [-0.2, -0.15) is 5.10 Å². The fourth-order valence-corrected chi connectivity index (χ4v) is 6.02. The number of hydrogen-bond acceptors (Lipinski definition) is 4. The summed E-state index contributed by atoms with van der Waals surface area (Å²) in [5, 5.41) is 8.38. The topological polar surface area (TPSA) is 78.8 Å². The average molecular weight is 536 g/mol. The summed E-state index contributed by atoms with van der Waals surface area (Å²) < 4.78 is 28.3. The van der Waals surface area contributed by atoms with Crippen LogP contribution in [0.1, 0.15) is 30.9 Å². The van der Waals surface area contributed by atoms with Gasteiger partial charge in [-0.3, -0.25) is 9.10 Å². The van der Waals surface area contributed by atoms with Crippen molar-refractivity contribution in [3.05, 3.63) is 120 Å². The second-order valence-corrected chi connectivity index (χ2v) is 11.5.